The van der Waals surface area contributed by atoms with E-state index in [4.69, 9.17) is 0 Å². The van der Waals surface area contributed by atoms with Crippen LogP contribution in [-0.4, -0.2) is 24.6 Å². The number of fused-ring (bicyclic) bond motifs is 3. The highest BCUT2D eigenvalue weighted by Crippen LogP contribution is 2.38. The first-order chi connectivity index (χ1) is 11.2. The zero-order valence-corrected chi connectivity index (χ0v) is 13.0. The Morgan fingerprint density at radius 2 is 2.35 bits per heavy atom. The van der Waals surface area contributed by atoms with Gasteiger partial charge in [0.1, 0.15) is 23.1 Å². The van der Waals surface area contributed by atoms with Crippen LogP contribution < -0.4 is 0 Å². The number of nitriles is 1. The van der Waals surface area contributed by atoms with E-state index in [1.807, 2.05) is 12.3 Å². The van der Waals surface area contributed by atoms with Crippen molar-refractivity contribution >= 4 is 22.1 Å². The predicted molar refractivity (Wildman–Crippen MR) is 86.6 cm³/mol. The van der Waals surface area contributed by atoms with Gasteiger partial charge in [-0.3, -0.25) is 0 Å². The van der Waals surface area contributed by atoms with E-state index in [0.29, 0.717) is 5.82 Å². The van der Waals surface area contributed by atoms with Crippen LogP contribution in [0.4, 0.5) is 0 Å². The molecule has 3 aromatic rings. The van der Waals surface area contributed by atoms with E-state index >= 15 is 0 Å². The van der Waals surface area contributed by atoms with Crippen LogP contribution in [0.25, 0.3) is 22.1 Å². The van der Waals surface area contributed by atoms with E-state index in [1.165, 1.54) is 0 Å². The Morgan fingerprint density at radius 1 is 1.48 bits per heavy atom. The summed E-state index contributed by atoms with van der Waals surface area (Å²) in [6.07, 6.45) is 6.79. The molecule has 118 valence electrons. The average Bonchev–Trinajstić information content (AvgIpc) is 3.18. The van der Waals surface area contributed by atoms with Crippen molar-refractivity contribution in [3.63, 3.8) is 0 Å². The molecule has 2 N–H and O–H groups in total. The number of hydrogen-bond donors (Lipinski definition) is 2. The average molecular weight is 309 g/mol. The summed E-state index contributed by atoms with van der Waals surface area (Å²) in [4.78, 5) is 12.1. The zero-order chi connectivity index (χ0) is 16.0. The molecule has 3 atom stereocenters. The molecule has 23 heavy (non-hydrogen) atoms. The van der Waals surface area contributed by atoms with Crippen molar-refractivity contribution in [2.24, 2.45) is 5.92 Å². The first-order valence-corrected chi connectivity index (χ1v) is 8.10. The lowest BCUT2D eigenvalue weighted by Gasteiger charge is -2.29. The summed E-state index contributed by atoms with van der Waals surface area (Å²) >= 11 is 0. The molecule has 0 unspecified atom stereocenters. The van der Waals surface area contributed by atoms with Crippen molar-refractivity contribution in [1.29, 1.82) is 5.26 Å². The Morgan fingerprint density at radius 3 is 3.13 bits per heavy atom. The molecule has 6 nitrogen and oxygen atoms in total. The third-order valence-electron chi connectivity index (χ3n) is 4.83. The van der Waals surface area contributed by atoms with Crippen LogP contribution in [-0.2, 0) is 0 Å². The molecule has 1 fully saturated rings. The van der Waals surface area contributed by atoms with Crippen LogP contribution in [0.3, 0.4) is 0 Å². The number of nitrogens with one attached hydrogen (secondary N) is 1. The molecule has 3 heterocycles. The highest BCUT2D eigenvalue weighted by Gasteiger charge is 2.28. The number of aliphatic hydroxyl groups excluding tert-OH is 1. The van der Waals surface area contributed by atoms with Crippen LogP contribution in [0.2, 0.25) is 0 Å². The number of rotatable bonds is 2. The van der Waals surface area contributed by atoms with Gasteiger partial charge in [0.2, 0.25) is 0 Å². The summed E-state index contributed by atoms with van der Waals surface area (Å²) in [6.45, 7) is 1.74. The topological polar surface area (TPSA) is 90.5 Å². The number of aliphatic hydroxyl groups is 1. The van der Waals surface area contributed by atoms with E-state index in [-0.39, 0.29) is 12.0 Å². The van der Waals surface area contributed by atoms with Crippen molar-refractivity contribution in [3.8, 4) is 6.07 Å². The van der Waals surface area contributed by atoms with Crippen molar-refractivity contribution in [3.05, 3.63) is 24.3 Å². The Hall–Kier alpha value is -2.39. The summed E-state index contributed by atoms with van der Waals surface area (Å²) in [7, 11) is 0. The molecule has 1 aliphatic rings. The summed E-state index contributed by atoms with van der Waals surface area (Å²) in [5.74, 6) is 0.746. The number of H-pyrrole nitrogens is 1. The third-order valence-corrected chi connectivity index (χ3v) is 4.83. The van der Waals surface area contributed by atoms with Gasteiger partial charge in [0.25, 0.3) is 0 Å². The molecular weight excluding hydrogens is 290 g/mol. The first-order valence-electron chi connectivity index (χ1n) is 8.10. The second-order valence-corrected chi connectivity index (χ2v) is 6.39. The van der Waals surface area contributed by atoms with E-state index in [1.54, 1.807) is 13.1 Å². The largest absolute Gasteiger partial charge is 0.385 e. The molecule has 4 rings (SSSR count). The number of aromatic amines is 1. The lowest BCUT2D eigenvalue weighted by atomic mass is 9.86. The van der Waals surface area contributed by atoms with E-state index in [2.05, 4.69) is 25.6 Å². The molecule has 0 radical (unpaired) electrons. The van der Waals surface area contributed by atoms with Gasteiger partial charge in [0.05, 0.1) is 17.8 Å². The van der Waals surface area contributed by atoms with Gasteiger partial charge in [-0.15, -0.1) is 0 Å². The molecule has 0 aliphatic heterocycles. The van der Waals surface area contributed by atoms with Crippen LogP contribution >= 0.6 is 0 Å². The Balaban J connectivity index is 1.97. The fraction of sp³-hybridized carbons (Fsp3) is 0.471. The second kappa shape index (κ2) is 5.36. The Bertz CT molecular complexity index is 901. The molecule has 0 bridgehead atoms. The first kappa shape index (κ1) is 14.2. The number of imidazole rings is 1. The van der Waals surface area contributed by atoms with Crippen molar-refractivity contribution in [1.82, 2.24) is 19.5 Å². The molecule has 0 saturated heterocycles. The summed E-state index contributed by atoms with van der Waals surface area (Å²) in [6, 6.07) is 4.61. The van der Waals surface area contributed by atoms with Crippen molar-refractivity contribution < 1.29 is 5.11 Å². The smallest absolute Gasteiger partial charge is 0.139 e. The van der Waals surface area contributed by atoms with E-state index < -0.39 is 6.10 Å². The van der Waals surface area contributed by atoms with E-state index in [9.17, 15) is 10.4 Å². The van der Waals surface area contributed by atoms with Crippen LogP contribution in [0, 0.1) is 17.2 Å². The van der Waals surface area contributed by atoms with Gasteiger partial charge in [-0.1, -0.05) is 6.42 Å². The minimum Gasteiger partial charge on any atom is -0.385 e. The maximum absolute atomic E-state index is 10.2. The lowest BCUT2D eigenvalue weighted by molar-refractivity contribution is 0.176. The molecule has 3 aromatic heterocycles. The monoisotopic (exact) mass is 309 g/mol. The molecule has 0 amide bonds. The maximum atomic E-state index is 10.2. The molecule has 0 aromatic carbocycles. The van der Waals surface area contributed by atoms with Gasteiger partial charge < -0.3 is 14.7 Å². The predicted octanol–water partition coefficient (Wildman–Crippen LogP) is 3.22. The van der Waals surface area contributed by atoms with E-state index in [0.717, 1.165) is 47.8 Å². The minimum absolute atomic E-state index is 0.0802. The van der Waals surface area contributed by atoms with Gasteiger partial charge in [-0.25, -0.2) is 9.97 Å². The van der Waals surface area contributed by atoms with Gasteiger partial charge in [0, 0.05) is 23.5 Å². The Labute approximate surface area is 133 Å². The SMILES string of the molecule is C[C@@H](O)c1nc2cnc3[nH]ccc3c2n1[C@@H]1CCC[C@H](C#N)C1. The fourth-order valence-corrected chi connectivity index (χ4v) is 3.79. The van der Waals surface area contributed by atoms with Gasteiger partial charge >= 0.3 is 0 Å². The molecule has 6 heteroatoms. The number of nitrogens with zero attached hydrogens (tertiary/aromatic N) is 4. The number of pyridine rings is 1. The quantitative estimate of drug-likeness (QED) is 0.760. The van der Waals surface area contributed by atoms with Crippen LogP contribution in [0.5, 0.6) is 0 Å². The molecule has 1 aliphatic carbocycles. The standard InChI is InChI=1S/C17H19N5O/c1-10(23)17-21-14-9-20-16-13(5-6-19-16)15(14)22(17)12-4-2-3-11(7-12)8-18/h5-6,9-12,23H,2-4,7H2,1H3,(H,19,20)/t10-,11+,12-/m1/s1. The number of hydrogen-bond acceptors (Lipinski definition) is 4. The Kier molecular flexibility index (Phi) is 3.31. The molecule has 0 spiro atoms. The van der Waals surface area contributed by atoms with Gasteiger partial charge in [-0.2, -0.15) is 5.26 Å². The van der Waals surface area contributed by atoms with Crippen LogP contribution in [0.1, 0.15) is 50.6 Å². The highest BCUT2D eigenvalue weighted by molar-refractivity contribution is 6.01. The van der Waals surface area contributed by atoms with Crippen LogP contribution in [0.15, 0.2) is 18.5 Å². The minimum atomic E-state index is -0.654. The van der Waals surface area contributed by atoms with Crippen molar-refractivity contribution in [2.75, 3.05) is 0 Å². The molecule has 1 saturated carbocycles. The second-order valence-electron chi connectivity index (χ2n) is 6.39. The third kappa shape index (κ3) is 2.20. The fourth-order valence-electron chi connectivity index (χ4n) is 3.79. The van der Waals surface area contributed by atoms with Crippen molar-refractivity contribution in [2.45, 2.75) is 44.8 Å². The molecular formula is C17H19N5O. The normalized spacial score (nSPS) is 23.2. The van der Waals surface area contributed by atoms with Gasteiger partial charge in [0.15, 0.2) is 0 Å². The summed E-state index contributed by atoms with van der Waals surface area (Å²) in [5, 5.41) is 20.5. The summed E-state index contributed by atoms with van der Waals surface area (Å²) < 4.78 is 2.15. The zero-order valence-electron chi connectivity index (χ0n) is 13.0. The van der Waals surface area contributed by atoms with Gasteiger partial charge in [-0.05, 0) is 32.3 Å². The number of aromatic nitrogens is 4. The maximum Gasteiger partial charge on any atom is 0.139 e. The summed E-state index contributed by atoms with van der Waals surface area (Å²) in [5.41, 5.74) is 2.63. The highest BCUT2D eigenvalue weighted by atomic mass is 16.3. The lowest BCUT2D eigenvalue weighted by Crippen LogP contribution is -2.21.